The van der Waals surface area contributed by atoms with Crippen LogP contribution in [0.5, 0.6) is 0 Å². The molecule has 0 aliphatic heterocycles. The first kappa shape index (κ1) is 14.5. The van der Waals surface area contributed by atoms with Gasteiger partial charge in [-0.1, -0.05) is 11.6 Å². The van der Waals surface area contributed by atoms with Gasteiger partial charge in [-0.25, -0.2) is 8.78 Å². The molecule has 0 aromatic rings. The van der Waals surface area contributed by atoms with E-state index in [0.29, 0.717) is 6.42 Å². The highest BCUT2D eigenvalue weighted by Gasteiger charge is 2.50. The number of nitrogens with two attached hydrogens (primary N) is 1. The smallest absolute Gasteiger partial charge is 0.324 e. The van der Waals surface area contributed by atoms with Gasteiger partial charge in [-0.05, 0) is 12.8 Å². The molecule has 0 aromatic carbocycles. The molecule has 9 heteroatoms. The third-order valence-electron chi connectivity index (χ3n) is 3.04. The fourth-order valence-corrected chi connectivity index (χ4v) is 1.67. The number of amides is 1. The minimum absolute atomic E-state index is 0.231. The Kier molecular flexibility index (Phi) is 4.02. The van der Waals surface area contributed by atoms with E-state index in [-0.39, 0.29) is 12.8 Å². The molecule has 0 bridgehead atoms. The standard InChI is InChI=1S/C9H13F4N3O2/c10-5(11)9(12,13)4-15-7(17)8(2-1-3-8)6(14)16-18/h5,18H,1-4H2,(H2,14,16)(H,15,17). The number of nitrogens with one attached hydrogen (secondary N) is 1. The number of carbonyl (C=O) groups is 1. The predicted molar refractivity (Wildman–Crippen MR) is 53.7 cm³/mol. The van der Waals surface area contributed by atoms with Gasteiger partial charge in [0.1, 0.15) is 5.41 Å². The third kappa shape index (κ3) is 2.49. The molecule has 0 unspecified atom stereocenters. The van der Waals surface area contributed by atoms with Crippen molar-refractivity contribution in [2.24, 2.45) is 16.3 Å². The summed E-state index contributed by atoms with van der Waals surface area (Å²) in [5, 5.41) is 12.9. The Morgan fingerprint density at radius 1 is 1.50 bits per heavy atom. The first-order chi connectivity index (χ1) is 8.26. The van der Waals surface area contributed by atoms with Crippen LogP contribution in [0, 0.1) is 5.41 Å². The summed E-state index contributed by atoms with van der Waals surface area (Å²) in [7, 11) is 0. The molecule has 1 amide bonds. The van der Waals surface area contributed by atoms with Gasteiger partial charge in [0.05, 0.1) is 6.54 Å². The van der Waals surface area contributed by atoms with E-state index in [1.54, 1.807) is 5.32 Å². The summed E-state index contributed by atoms with van der Waals surface area (Å²) in [6.07, 6.45) is -2.79. The molecule has 0 saturated heterocycles. The maximum atomic E-state index is 12.6. The Bertz CT molecular complexity index is 356. The number of oxime groups is 1. The Hall–Kier alpha value is -1.54. The SMILES string of the molecule is NC(=NO)C1(C(=O)NCC(F)(F)C(F)F)CCC1. The largest absolute Gasteiger partial charge is 0.409 e. The van der Waals surface area contributed by atoms with Crippen LogP contribution in [0.3, 0.4) is 0 Å². The van der Waals surface area contributed by atoms with Crippen molar-refractivity contribution in [1.82, 2.24) is 5.32 Å². The summed E-state index contributed by atoms with van der Waals surface area (Å²) < 4.78 is 49.0. The van der Waals surface area contributed by atoms with Gasteiger partial charge in [0, 0.05) is 0 Å². The minimum Gasteiger partial charge on any atom is -0.409 e. The maximum absolute atomic E-state index is 12.6. The number of amidine groups is 1. The molecule has 1 saturated carbocycles. The zero-order valence-corrected chi connectivity index (χ0v) is 9.30. The fraction of sp³-hybridized carbons (Fsp3) is 0.778. The number of nitrogens with zero attached hydrogens (tertiary/aromatic N) is 1. The first-order valence-corrected chi connectivity index (χ1v) is 5.18. The topological polar surface area (TPSA) is 87.7 Å². The molecule has 1 aliphatic carbocycles. The van der Waals surface area contributed by atoms with Crippen LogP contribution in [0.15, 0.2) is 5.16 Å². The van der Waals surface area contributed by atoms with E-state index in [2.05, 4.69) is 5.16 Å². The quantitative estimate of drug-likeness (QED) is 0.228. The van der Waals surface area contributed by atoms with Crippen LogP contribution < -0.4 is 11.1 Å². The molecular formula is C9H13F4N3O2. The molecule has 1 rings (SSSR count). The van der Waals surface area contributed by atoms with Crippen molar-refractivity contribution in [2.75, 3.05) is 6.54 Å². The number of halogens is 4. The minimum atomic E-state index is -4.30. The molecular weight excluding hydrogens is 258 g/mol. The summed E-state index contributed by atoms with van der Waals surface area (Å²) >= 11 is 0. The van der Waals surface area contributed by atoms with Gasteiger partial charge < -0.3 is 16.3 Å². The molecule has 5 nitrogen and oxygen atoms in total. The van der Waals surface area contributed by atoms with Crippen molar-refractivity contribution in [3.8, 4) is 0 Å². The molecule has 104 valence electrons. The van der Waals surface area contributed by atoms with Crippen molar-refractivity contribution in [3.63, 3.8) is 0 Å². The highest BCUT2D eigenvalue weighted by atomic mass is 19.3. The second-order valence-electron chi connectivity index (χ2n) is 4.17. The van der Waals surface area contributed by atoms with Gasteiger partial charge >= 0.3 is 12.3 Å². The summed E-state index contributed by atoms with van der Waals surface area (Å²) in [4.78, 5) is 11.7. The van der Waals surface area contributed by atoms with E-state index < -0.39 is 36.1 Å². The highest BCUT2D eigenvalue weighted by molar-refractivity contribution is 6.07. The number of hydrogen-bond acceptors (Lipinski definition) is 3. The average molecular weight is 271 g/mol. The van der Waals surface area contributed by atoms with Gasteiger partial charge in [-0.15, -0.1) is 0 Å². The van der Waals surface area contributed by atoms with Crippen molar-refractivity contribution in [2.45, 2.75) is 31.6 Å². The van der Waals surface area contributed by atoms with Crippen LogP contribution in [0.1, 0.15) is 19.3 Å². The Labute approximate surface area is 100 Å². The lowest BCUT2D eigenvalue weighted by molar-refractivity contribution is -0.142. The van der Waals surface area contributed by atoms with Gasteiger partial charge in [0.2, 0.25) is 5.91 Å². The van der Waals surface area contributed by atoms with Crippen LogP contribution in [0.4, 0.5) is 17.6 Å². The van der Waals surface area contributed by atoms with Gasteiger partial charge in [-0.2, -0.15) is 8.78 Å². The zero-order valence-electron chi connectivity index (χ0n) is 9.30. The van der Waals surface area contributed by atoms with Gasteiger partial charge in [0.15, 0.2) is 5.84 Å². The lowest BCUT2D eigenvalue weighted by Gasteiger charge is -2.38. The summed E-state index contributed by atoms with van der Waals surface area (Å²) in [6, 6.07) is 0. The van der Waals surface area contributed by atoms with Crippen molar-refractivity contribution in [1.29, 1.82) is 0 Å². The molecule has 0 spiro atoms. The summed E-state index contributed by atoms with van der Waals surface area (Å²) in [6.45, 7) is -1.48. The van der Waals surface area contributed by atoms with E-state index >= 15 is 0 Å². The molecule has 0 aromatic heterocycles. The molecule has 0 radical (unpaired) electrons. The average Bonchev–Trinajstić information content (AvgIpc) is 2.24. The normalized spacial score (nSPS) is 19.5. The van der Waals surface area contributed by atoms with E-state index in [4.69, 9.17) is 10.9 Å². The lowest BCUT2D eigenvalue weighted by atomic mass is 9.67. The Morgan fingerprint density at radius 2 is 2.06 bits per heavy atom. The van der Waals surface area contributed by atoms with Crippen LogP contribution in [-0.4, -0.2) is 35.8 Å². The van der Waals surface area contributed by atoms with Crippen molar-refractivity contribution in [3.05, 3.63) is 0 Å². The fourth-order valence-electron chi connectivity index (χ4n) is 1.67. The highest BCUT2D eigenvalue weighted by Crippen LogP contribution is 2.41. The number of alkyl halides is 4. The molecule has 1 fully saturated rings. The maximum Gasteiger partial charge on any atom is 0.324 e. The van der Waals surface area contributed by atoms with E-state index in [1.807, 2.05) is 0 Å². The van der Waals surface area contributed by atoms with Crippen LogP contribution in [0.25, 0.3) is 0 Å². The molecule has 0 heterocycles. The number of rotatable bonds is 5. The van der Waals surface area contributed by atoms with Crippen LogP contribution in [0.2, 0.25) is 0 Å². The molecule has 0 atom stereocenters. The van der Waals surface area contributed by atoms with E-state index in [0.717, 1.165) is 0 Å². The van der Waals surface area contributed by atoms with Gasteiger partial charge in [-0.3, -0.25) is 4.79 Å². The predicted octanol–water partition coefficient (Wildman–Crippen LogP) is 0.920. The van der Waals surface area contributed by atoms with E-state index in [9.17, 15) is 22.4 Å². The number of carbonyl (C=O) groups excluding carboxylic acids is 1. The monoisotopic (exact) mass is 271 g/mol. The Morgan fingerprint density at radius 3 is 2.39 bits per heavy atom. The van der Waals surface area contributed by atoms with Crippen molar-refractivity contribution >= 4 is 11.7 Å². The summed E-state index contributed by atoms with van der Waals surface area (Å²) in [5.41, 5.74) is 3.96. The molecule has 1 aliphatic rings. The van der Waals surface area contributed by atoms with E-state index in [1.165, 1.54) is 0 Å². The second kappa shape index (κ2) is 4.99. The Balaban J connectivity index is 2.66. The summed E-state index contributed by atoms with van der Waals surface area (Å²) in [5.74, 6) is -5.62. The third-order valence-corrected chi connectivity index (χ3v) is 3.04. The van der Waals surface area contributed by atoms with Gasteiger partial charge in [0.25, 0.3) is 0 Å². The number of hydrogen-bond donors (Lipinski definition) is 3. The first-order valence-electron chi connectivity index (χ1n) is 5.18. The zero-order chi connectivity index (χ0) is 14.0. The van der Waals surface area contributed by atoms with Crippen molar-refractivity contribution < 1.29 is 27.6 Å². The lowest BCUT2D eigenvalue weighted by Crippen LogP contribution is -2.56. The second-order valence-corrected chi connectivity index (χ2v) is 4.17. The van der Waals surface area contributed by atoms with Crippen LogP contribution in [-0.2, 0) is 4.79 Å². The molecule has 18 heavy (non-hydrogen) atoms. The molecule has 4 N–H and O–H groups in total. The van der Waals surface area contributed by atoms with Crippen LogP contribution >= 0.6 is 0 Å².